The summed E-state index contributed by atoms with van der Waals surface area (Å²) in [5, 5.41) is 4.12. The molecule has 3 fully saturated rings. The monoisotopic (exact) mass is 429 g/mol. The second-order valence-corrected chi connectivity index (χ2v) is 7.94. The van der Waals surface area contributed by atoms with E-state index in [9.17, 15) is 4.79 Å². The molecule has 0 spiro atoms. The number of carbonyl (C=O) groups is 1. The second kappa shape index (κ2) is 10.1. The molecule has 0 saturated carbocycles. The fourth-order valence-corrected chi connectivity index (χ4v) is 4.30. The summed E-state index contributed by atoms with van der Waals surface area (Å²) in [6.45, 7) is 6.77. The maximum absolute atomic E-state index is 12.9. The minimum atomic E-state index is -0.109. The van der Waals surface area contributed by atoms with Crippen LogP contribution in [0.5, 0.6) is 5.75 Å². The first kappa shape index (κ1) is 21.6. The summed E-state index contributed by atoms with van der Waals surface area (Å²) in [5.41, 5.74) is 6.55. The quantitative estimate of drug-likeness (QED) is 0.641. The predicted molar refractivity (Wildman–Crippen MR) is 112 cm³/mol. The molecule has 1 aromatic rings. The Labute approximate surface area is 177 Å². The topological polar surface area (TPSA) is 68.9 Å². The molecule has 3 unspecified atom stereocenters. The molecule has 3 atom stereocenters. The van der Waals surface area contributed by atoms with E-state index in [2.05, 4.69) is 21.1 Å². The Morgan fingerprint density at radius 2 is 1.89 bits per heavy atom. The number of nitrogens with one attached hydrogen (secondary N) is 3. The van der Waals surface area contributed by atoms with Crippen molar-refractivity contribution in [2.24, 2.45) is 5.92 Å². The van der Waals surface area contributed by atoms with Gasteiger partial charge in [-0.05, 0) is 37.2 Å². The van der Waals surface area contributed by atoms with Gasteiger partial charge >= 0.3 is 0 Å². The number of piperazine rings is 1. The Bertz CT molecular complexity index is 640. The first-order valence-electron chi connectivity index (χ1n) is 9.82. The van der Waals surface area contributed by atoms with Crippen LogP contribution in [0.1, 0.15) is 6.42 Å². The Morgan fingerprint density at radius 1 is 1.14 bits per heavy atom. The van der Waals surface area contributed by atoms with Gasteiger partial charge in [-0.2, -0.15) is 0 Å². The normalized spacial score (nSPS) is 27.8. The van der Waals surface area contributed by atoms with Gasteiger partial charge in [-0.25, -0.2) is 5.43 Å². The van der Waals surface area contributed by atoms with Gasteiger partial charge in [0.25, 0.3) is 0 Å². The zero-order chi connectivity index (χ0) is 18.6. The maximum Gasteiger partial charge on any atom is 0.241 e. The lowest BCUT2D eigenvalue weighted by Gasteiger charge is -2.37. The summed E-state index contributed by atoms with van der Waals surface area (Å²) in [4.78, 5) is 17.3. The van der Waals surface area contributed by atoms with Gasteiger partial charge in [0, 0.05) is 56.3 Å². The van der Waals surface area contributed by atoms with E-state index in [1.165, 1.54) is 0 Å². The number of hydrogen-bond acceptors (Lipinski definition) is 6. The van der Waals surface area contributed by atoms with Crippen molar-refractivity contribution in [3.05, 3.63) is 29.3 Å². The van der Waals surface area contributed by atoms with Crippen LogP contribution in [0.4, 0.5) is 0 Å². The molecule has 3 saturated heterocycles. The molecule has 0 aliphatic carbocycles. The number of rotatable bonds is 5. The lowest BCUT2D eigenvalue weighted by molar-refractivity contribution is -0.136. The minimum Gasteiger partial charge on any atom is -0.492 e. The van der Waals surface area contributed by atoms with Gasteiger partial charge in [0.15, 0.2) is 0 Å². The predicted octanol–water partition coefficient (Wildman–Crippen LogP) is 0.739. The van der Waals surface area contributed by atoms with Gasteiger partial charge in [0.05, 0.1) is 0 Å². The van der Waals surface area contributed by atoms with E-state index in [0.29, 0.717) is 23.6 Å². The average Bonchev–Trinajstić information content (AvgIpc) is 3.14. The van der Waals surface area contributed by atoms with Crippen LogP contribution in [0.3, 0.4) is 0 Å². The largest absolute Gasteiger partial charge is 0.492 e. The van der Waals surface area contributed by atoms with Gasteiger partial charge in [0.2, 0.25) is 5.91 Å². The minimum absolute atomic E-state index is 0. The number of carbonyl (C=O) groups excluding carboxylic acids is 1. The summed E-state index contributed by atoms with van der Waals surface area (Å²) >= 11 is 5.88. The molecule has 3 aliphatic heterocycles. The van der Waals surface area contributed by atoms with Crippen molar-refractivity contribution in [2.75, 3.05) is 52.4 Å². The van der Waals surface area contributed by atoms with E-state index in [4.69, 9.17) is 16.3 Å². The third-order valence-electron chi connectivity index (χ3n) is 5.82. The highest BCUT2D eigenvalue weighted by Gasteiger charge is 2.42. The Hall–Kier alpha value is -1.09. The molecule has 9 heteroatoms. The van der Waals surface area contributed by atoms with E-state index in [0.717, 1.165) is 58.0 Å². The molecule has 7 nitrogen and oxygen atoms in total. The number of hydrogen-bond donors (Lipinski definition) is 3. The van der Waals surface area contributed by atoms with E-state index in [-0.39, 0.29) is 24.4 Å². The van der Waals surface area contributed by atoms with Crippen molar-refractivity contribution in [1.82, 2.24) is 26.0 Å². The molecule has 3 N–H and O–H groups in total. The molecule has 1 aromatic carbocycles. The van der Waals surface area contributed by atoms with Crippen molar-refractivity contribution in [2.45, 2.75) is 18.5 Å². The summed E-state index contributed by atoms with van der Waals surface area (Å²) in [6, 6.07) is 7.73. The number of piperidine rings is 1. The highest BCUT2D eigenvalue weighted by Crippen LogP contribution is 2.22. The highest BCUT2D eigenvalue weighted by atomic mass is 35.5. The van der Waals surface area contributed by atoms with Crippen molar-refractivity contribution in [3.63, 3.8) is 0 Å². The molecule has 1 amide bonds. The van der Waals surface area contributed by atoms with Crippen LogP contribution >= 0.6 is 24.0 Å². The second-order valence-electron chi connectivity index (χ2n) is 7.50. The zero-order valence-electron chi connectivity index (χ0n) is 15.9. The van der Waals surface area contributed by atoms with Crippen molar-refractivity contribution >= 4 is 29.9 Å². The fourth-order valence-electron chi connectivity index (χ4n) is 4.17. The first-order valence-corrected chi connectivity index (χ1v) is 10.2. The first-order chi connectivity index (χ1) is 13.2. The summed E-state index contributed by atoms with van der Waals surface area (Å²) in [7, 11) is 0. The van der Waals surface area contributed by atoms with Crippen LogP contribution in [0.2, 0.25) is 5.02 Å². The molecule has 28 heavy (non-hydrogen) atoms. The van der Waals surface area contributed by atoms with Gasteiger partial charge in [-0.1, -0.05) is 11.6 Å². The maximum atomic E-state index is 12.9. The van der Waals surface area contributed by atoms with Crippen LogP contribution in [0, 0.1) is 5.92 Å². The van der Waals surface area contributed by atoms with E-state index in [1.54, 1.807) is 0 Å². The number of hydrazine groups is 1. The van der Waals surface area contributed by atoms with Crippen LogP contribution in [-0.2, 0) is 4.79 Å². The van der Waals surface area contributed by atoms with Crippen LogP contribution in [0.15, 0.2) is 24.3 Å². The van der Waals surface area contributed by atoms with Crippen LogP contribution < -0.4 is 20.9 Å². The van der Waals surface area contributed by atoms with Gasteiger partial charge in [-0.15, -0.1) is 12.4 Å². The Morgan fingerprint density at radius 3 is 2.64 bits per heavy atom. The number of ether oxygens (including phenoxy) is 1. The summed E-state index contributed by atoms with van der Waals surface area (Å²) < 4.78 is 5.77. The number of fused-ring (bicyclic) bond motifs is 1. The van der Waals surface area contributed by atoms with Crippen LogP contribution in [-0.4, -0.2) is 80.2 Å². The number of halogens is 2. The summed E-state index contributed by atoms with van der Waals surface area (Å²) in [6.07, 6.45) is 1.07. The molecular weight excluding hydrogens is 401 g/mol. The fraction of sp³-hybridized carbons (Fsp3) is 0.632. The number of nitrogens with zero attached hydrogens (tertiary/aromatic N) is 2. The molecule has 0 aromatic heterocycles. The average molecular weight is 430 g/mol. The molecule has 3 heterocycles. The molecular formula is C19H29Cl2N5O2. The van der Waals surface area contributed by atoms with Crippen molar-refractivity contribution < 1.29 is 9.53 Å². The van der Waals surface area contributed by atoms with Gasteiger partial charge in [0.1, 0.15) is 18.4 Å². The smallest absolute Gasteiger partial charge is 0.241 e. The van der Waals surface area contributed by atoms with Crippen molar-refractivity contribution in [1.29, 1.82) is 0 Å². The highest BCUT2D eigenvalue weighted by molar-refractivity contribution is 6.30. The SMILES string of the molecule is Cl.O=C(C1NNC2CCNCC21)N1CCN(CCOc2ccc(Cl)cc2)CC1. The Kier molecular flexibility index (Phi) is 7.79. The molecule has 4 rings (SSSR count). The van der Waals surface area contributed by atoms with E-state index >= 15 is 0 Å². The lowest BCUT2D eigenvalue weighted by atomic mass is 9.89. The van der Waals surface area contributed by atoms with Gasteiger partial charge < -0.3 is 15.0 Å². The molecule has 156 valence electrons. The molecule has 0 radical (unpaired) electrons. The third-order valence-corrected chi connectivity index (χ3v) is 6.07. The lowest BCUT2D eigenvalue weighted by Crippen LogP contribution is -2.56. The van der Waals surface area contributed by atoms with Crippen molar-refractivity contribution in [3.8, 4) is 5.75 Å². The number of benzene rings is 1. The third kappa shape index (κ3) is 5.09. The standard InChI is InChI=1S/C19H28ClN5O2.ClH/c20-14-1-3-15(4-2-14)27-12-11-24-7-9-25(10-8-24)19(26)18-16-13-21-6-5-17(16)22-23-18;/h1-4,16-18,21-23H,5-13H2;1H. The number of amides is 1. The van der Waals surface area contributed by atoms with Gasteiger partial charge in [-0.3, -0.25) is 15.1 Å². The van der Waals surface area contributed by atoms with E-state index in [1.807, 2.05) is 29.2 Å². The molecule has 3 aliphatic rings. The van der Waals surface area contributed by atoms with E-state index < -0.39 is 0 Å². The Balaban J connectivity index is 0.00000225. The molecule has 0 bridgehead atoms. The zero-order valence-corrected chi connectivity index (χ0v) is 17.5. The summed E-state index contributed by atoms with van der Waals surface area (Å²) in [5.74, 6) is 1.41. The van der Waals surface area contributed by atoms with Crippen LogP contribution in [0.25, 0.3) is 0 Å².